The first-order valence-electron chi connectivity index (χ1n) is 7.65. The van der Waals surface area contributed by atoms with Gasteiger partial charge in [0, 0.05) is 12.6 Å². The van der Waals surface area contributed by atoms with E-state index >= 15 is 0 Å². The maximum absolute atomic E-state index is 5.55. The van der Waals surface area contributed by atoms with E-state index in [4.69, 9.17) is 9.47 Å². The Kier molecular flexibility index (Phi) is 4.96. The van der Waals surface area contributed by atoms with E-state index in [-0.39, 0.29) is 0 Å². The predicted octanol–water partition coefficient (Wildman–Crippen LogP) is 3.58. The zero-order valence-electron chi connectivity index (χ0n) is 13.9. The molecule has 0 saturated carbocycles. The van der Waals surface area contributed by atoms with Crippen LogP contribution in [0.25, 0.3) is 10.2 Å². The molecular weight excluding hydrogens is 322 g/mol. The fraction of sp³-hybridized carbons (Fsp3) is 0.222. The molecule has 5 nitrogen and oxygen atoms in total. The smallest absolute Gasteiger partial charge is 0.211 e. The minimum atomic E-state index is 0.656. The number of para-hydroxylation sites is 1. The number of hydrogen-bond donors (Lipinski definition) is 0. The van der Waals surface area contributed by atoms with Crippen molar-refractivity contribution in [2.45, 2.75) is 6.92 Å². The van der Waals surface area contributed by atoms with Gasteiger partial charge in [0.1, 0.15) is 11.5 Å². The fourth-order valence-electron chi connectivity index (χ4n) is 2.38. The zero-order valence-corrected chi connectivity index (χ0v) is 14.7. The Hall–Kier alpha value is -2.60. The Labute approximate surface area is 144 Å². The molecule has 1 heterocycles. The molecule has 3 aromatic rings. The average molecular weight is 341 g/mol. The van der Waals surface area contributed by atoms with Crippen molar-refractivity contribution in [2.24, 2.45) is 17.3 Å². The lowest BCUT2D eigenvalue weighted by Crippen LogP contribution is -2.08. The second-order valence-corrected chi connectivity index (χ2v) is 6.10. The molecule has 0 atom stereocenters. The monoisotopic (exact) mass is 341 g/mol. The molecule has 0 fully saturated rings. The van der Waals surface area contributed by atoms with Gasteiger partial charge >= 0.3 is 0 Å². The van der Waals surface area contributed by atoms with Crippen LogP contribution in [0.1, 0.15) is 12.5 Å². The molecule has 0 aliphatic carbocycles. The lowest BCUT2D eigenvalue weighted by Gasteiger charge is -2.02. The molecule has 124 valence electrons. The average Bonchev–Trinajstić information content (AvgIpc) is 2.91. The van der Waals surface area contributed by atoms with E-state index in [2.05, 4.69) is 10.2 Å². The van der Waals surface area contributed by atoms with Gasteiger partial charge in [-0.3, -0.25) is 0 Å². The van der Waals surface area contributed by atoms with Crippen molar-refractivity contribution in [1.82, 2.24) is 4.57 Å². The molecule has 0 aliphatic rings. The zero-order chi connectivity index (χ0) is 16.9. The molecule has 0 unspecified atom stereocenters. The van der Waals surface area contributed by atoms with Crippen LogP contribution in [0.2, 0.25) is 0 Å². The van der Waals surface area contributed by atoms with Crippen LogP contribution < -0.4 is 14.3 Å². The second kappa shape index (κ2) is 7.31. The van der Waals surface area contributed by atoms with E-state index in [1.807, 2.05) is 61.0 Å². The number of fused-ring (bicyclic) bond motifs is 1. The topological polar surface area (TPSA) is 48.1 Å². The summed E-state index contributed by atoms with van der Waals surface area (Å²) in [4.78, 5) is 0.824. The SMILES string of the molecule is CCOc1ccc2c(c1)s/c(=N\N=C/c1ccccc1OC)n2C. The molecule has 0 radical (unpaired) electrons. The summed E-state index contributed by atoms with van der Waals surface area (Å²) in [6.07, 6.45) is 1.70. The van der Waals surface area contributed by atoms with Crippen LogP contribution in [-0.2, 0) is 7.05 Å². The molecule has 0 amide bonds. The van der Waals surface area contributed by atoms with Crippen molar-refractivity contribution in [3.05, 3.63) is 52.8 Å². The largest absolute Gasteiger partial charge is 0.496 e. The van der Waals surface area contributed by atoms with Gasteiger partial charge in [-0.2, -0.15) is 5.10 Å². The molecule has 0 bridgehead atoms. The van der Waals surface area contributed by atoms with Gasteiger partial charge in [0.2, 0.25) is 4.80 Å². The van der Waals surface area contributed by atoms with Gasteiger partial charge in [-0.1, -0.05) is 23.5 Å². The predicted molar refractivity (Wildman–Crippen MR) is 98.1 cm³/mol. The van der Waals surface area contributed by atoms with Crippen molar-refractivity contribution in [2.75, 3.05) is 13.7 Å². The van der Waals surface area contributed by atoms with E-state index in [0.29, 0.717) is 6.61 Å². The highest BCUT2D eigenvalue weighted by Gasteiger charge is 2.04. The third-order valence-electron chi connectivity index (χ3n) is 3.57. The Morgan fingerprint density at radius 2 is 2.04 bits per heavy atom. The first-order valence-corrected chi connectivity index (χ1v) is 8.47. The number of hydrogen-bond acceptors (Lipinski definition) is 5. The Morgan fingerprint density at radius 1 is 1.21 bits per heavy atom. The summed E-state index contributed by atoms with van der Waals surface area (Å²) >= 11 is 1.58. The third-order valence-corrected chi connectivity index (χ3v) is 4.66. The minimum absolute atomic E-state index is 0.656. The third kappa shape index (κ3) is 3.33. The van der Waals surface area contributed by atoms with Crippen molar-refractivity contribution in [1.29, 1.82) is 0 Å². The molecule has 2 aromatic carbocycles. The van der Waals surface area contributed by atoms with Crippen LogP contribution in [0.15, 0.2) is 52.7 Å². The van der Waals surface area contributed by atoms with Gasteiger partial charge in [-0.05, 0) is 37.3 Å². The fourth-order valence-corrected chi connectivity index (χ4v) is 3.39. The molecule has 0 aliphatic heterocycles. The summed E-state index contributed by atoms with van der Waals surface area (Å²) < 4.78 is 14.0. The van der Waals surface area contributed by atoms with Crippen LogP contribution in [0, 0.1) is 0 Å². The minimum Gasteiger partial charge on any atom is -0.496 e. The summed E-state index contributed by atoms with van der Waals surface area (Å²) in [6.45, 7) is 2.63. The standard InChI is InChI=1S/C18H19N3O2S/c1-4-23-14-9-10-15-17(11-14)24-18(21(15)2)20-19-12-13-7-5-6-8-16(13)22-3/h5-12H,4H2,1-3H3/b19-12-,20-18-. The van der Waals surface area contributed by atoms with Crippen LogP contribution in [-0.4, -0.2) is 24.5 Å². The maximum Gasteiger partial charge on any atom is 0.211 e. The number of thiazole rings is 1. The van der Waals surface area contributed by atoms with E-state index < -0.39 is 0 Å². The first-order chi connectivity index (χ1) is 11.7. The maximum atomic E-state index is 5.55. The van der Waals surface area contributed by atoms with Gasteiger partial charge < -0.3 is 14.0 Å². The number of rotatable bonds is 5. The molecule has 0 spiro atoms. The molecule has 0 N–H and O–H groups in total. The van der Waals surface area contributed by atoms with E-state index in [1.165, 1.54) is 0 Å². The summed E-state index contributed by atoms with van der Waals surface area (Å²) in [5.41, 5.74) is 2.00. The molecule has 0 saturated heterocycles. The Bertz CT molecular complexity index is 941. The summed E-state index contributed by atoms with van der Waals surface area (Å²) in [6, 6.07) is 13.8. The van der Waals surface area contributed by atoms with E-state index in [9.17, 15) is 0 Å². The van der Waals surface area contributed by atoms with Crippen molar-refractivity contribution < 1.29 is 9.47 Å². The van der Waals surface area contributed by atoms with Gasteiger partial charge in [0.05, 0.1) is 30.1 Å². The van der Waals surface area contributed by atoms with Crippen molar-refractivity contribution in [3.8, 4) is 11.5 Å². The van der Waals surface area contributed by atoms with E-state index in [1.54, 1.807) is 24.7 Å². The van der Waals surface area contributed by atoms with Crippen LogP contribution >= 0.6 is 11.3 Å². The van der Waals surface area contributed by atoms with Gasteiger partial charge in [0.25, 0.3) is 0 Å². The Morgan fingerprint density at radius 3 is 2.83 bits per heavy atom. The summed E-state index contributed by atoms with van der Waals surface area (Å²) in [7, 11) is 3.63. The van der Waals surface area contributed by atoms with Crippen molar-refractivity contribution >= 4 is 27.8 Å². The van der Waals surface area contributed by atoms with Crippen molar-refractivity contribution in [3.63, 3.8) is 0 Å². The number of ether oxygens (including phenoxy) is 2. The highest BCUT2D eigenvalue weighted by Crippen LogP contribution is 2.22. The van der Waals surface area contributed by atoms with Crippen LogP contribution in [0.4, 0.5) is 0 Å². The highest BCUT2D eigenvalue weighted by atomic mass is 32.1. The van der Waals surface area contributed by atoms with Gasteiger partial charge in [0.15, 0.2) is 0 Å². The molecule has 1 aromatic heterocycles. The lowest BCUT2D eigenvalue weighted by atomic mass is 10.2. The quantitative estimate of drug-likeness (QED) is 0.526. The number of aryl methyl sites for hydroxylation is 1. The highest BCUT2D eigenvalue weighted by molar-refractivity contribution is 7.16. The number of benzene rings is 2. The summed E-state index contributed by atoms with van der Waals surface area (Å²) in [5.74, 6) is 1.65. The van der Waals surface area contributed by atoms with Gasteiger partial charge in [-0.15, -0.1) is 5.10 Å². The van der Waals surface area contributed by atoms with Crippen LogP contribution in [0.3, 0.4) is 0 Å². The Balaban J connectivity index is 1.95. The lowest BCUT2D eigenvalue weighted by molar-refractivity contribution is 0.341. The number of nitrogens with zero attached hydrogens (tertiary/aromatic N) is 3. The van der Waals surface area contributed by atoms with Gasteiger partial charge in [-0.25, -0.2) is 0 Å². The molecular formula is C18H19N3O2S. The number of methoxy groups -OCH3 is 1. The molecule has 3 rings (SSSR count). The molecule has 24 heavy (non-hydrogen) atoms. The number of aromatic nitrogens is 1. The summed E-state index contributed by atoms with van der Waals surface area (Å²) in [5, 5.41) is 8.56. The van der Waals surface area contributed by atoms with Crippen LogP contribution in [0.5, 0.6) is 11.5 Å². The normalized spacial score (nSPS) is 12.2. The first kappa shape index (κ1) is 16.3. The molecule has 6 heteroatoms. The van der Waals surface area contributed by atoms with E-state index in [0.717, 1.165) is 32.1 Å². The second-order valence-electron chi connectivity index (χ2n) is 5.09.